The zero-order chi connectivity index (χ0) is 18.1. The van der Waals surface area contributed by atoms with E-state index in [1.54, 1.807) is 19.3 Å². The summed E-state index contributed by atoms with van der Waals surface area (Å²) in [6.45, 7) is 1.52. The standard InChI is InChI=1S/C20H22N4O2/c1-22-19-17(10-5-11-21-19)24(20(22)26)14-18(25)23-12-6-9-16(13-23)15-7-3-2-4-8-15/h2-5,7-8,10-11,16H,6,9,12-14H2,1H3/t16-/m1/s1. The quantitative estimate of drug-likeness (QED) is 0.727. The molecule has 0 N–H and O–H groups in total. The molecule has 0 saturated carbocycles. The fourth-order valence-electron chi connectivity index (χ4n) is 3.82. The fourth-order valence-corrected chi connectivity index (χ4v) is 3.82. The lowest BCUT2D eigenvalue weighted by Gasteiger charge is -2.33. The molecule has 1 amide bonds. The van der Waals surface area contributed by atoms with Gasteiger partial charge >= 0.3 is 5.69 Å². The van der Waals surface area contributed by atoms with Gasteiger partial charge in [0.1, 0.15) is 6.54 Å². The third-order valence-electron chi connectivity index (χ3n) is 5.23. The molecule has 1 fully saturated rings. The number of amides is 1. The van der Waals surface area contributed by atoms with Gasteiger partial charge in [0.05, 0.1) is 5.52 Å². The van der Waals surface area contributed by atoms with Gasteiger partial charge in [-0.05, 0) is 30.5 Å². The number of rotatable bonds is 3. The number of aryl methyl sites for hydroxylation is 1. The van der Waals surface area contributed by atoms with Crippen LogP contribution >= 0.6 is 0 Å². The monoisotopic (exact) mass is 350 g/mol. The van der Waals surface area contributed by atoms with Crippen molar-refractivity contribution in [2.45, 2.75) is 25.3 Å². The van der Waals surface area contributed by atoms with Gasteiger partial charge in [0.2, 0.25) is 5.91 Å². The minimum absolute atomic E-state index is 0.0101. The minimum atomic E-state index is -0.205. The van der Waals surface area contributed by atoms with Crippen LogP contribution in [0.2, 0.25) is 0 Å². The van der Waals surface area contributed by atoms with E-state index < -0.39 is 0 Å². The predicted molar refractivity (Wildman–Crippen MR) is 100.0 cm³/mol. The molecule has 1 aromatic carbocycles. The highest BCUT2D eigenvalue weighted by Crippen LogP contribution is 2.26. The molecule has 134 valence electrons. The third-order valence-corrected chi connectivity index (χ3v) is 5.23. The average molecular weight is 350 g/mol. The van der Waals surface area contributed by atoms with Gasteiger partial charge in [-0.25, -0.2) is 9.78 Å². The first-order valence-electron chi connectivity index (χ1n) is 8.98. The van der Waals surface area contributed by atoms with Crippen LogP contribution in [0.25, 0.3) is 11.2 Å². The van der Waals surface area contributed by atoms with Crippen LogP contribution < -0.4 is 5.69 Å². The van der Waals surface area contributed by atoms with Gasteiger partial charge in [0.25, 0.3) is 0 Å². The van der Waals surface area contributed by atoms with Crippen molar-refractivity contribution in [1.82, 2.24) is 19.0 Å². The Morgan fingerprint density at radius 3 is 2.81 bits per heavy atom. The molecule has 26 heavy (non-hydrogen) atoms. The van der Waals surface area contributed by atoms with Crippen LogP contribution in [0.15, 0.2) is 53.5 Å². The molecule has 0 spiro atoms. The topological polar surface area (TPSA) is 60.1 Å². The lowest BCUT2D eigenvalue weighted by atomic mass is 9.90. The van der Waals surface area contributed by atoms with Gasteiger partial charge in [0.15, 0.2) is 5.65 Å². The second kappa shape index (κ2) is 6.78. The van der Waals surface area contributed by atoms with Crippen molar-refractivity contribution >= 4 is 17.1 Å². The van der Waals surface area contributed by atoms with Crippen LogP contribution in [-0.2, 0) is 18.4 Å². The van der Waals surface area contributed by atoms with Crippen molar-refractivity contribution in [3.8, 4) is 0 Å². The van der Waals surface area contributed by atoms with Crippen LogP contribution in [0.1, 0.15) is 24.3 Å². The van der Waals surface area contributed by atoms with Crippen molar-refractivity contribution in [2.24, 2.45) is 7.05 Å². The van der Waals surface area contributed by atoms with Crippen molar-refractivity contribution in [3.63, 3.8) is 0 Å². The van der Waals surface area contributed by atoms with Crippen LogP contribution in [0.3, 0.4) is 0 Å². The summed E-state index contributed by atoms with van der Waals surface area (Å²) in [5.41, 5.74) is 2.37. The number of pyridine rings is 1. The fraction of sp³-hybridized carbons (Fsp3) is 0.350. The van der Waals surface area contributed by atoms with Crippen molar-refractivity contribution < 1.29 is 4.79 Å². The molecule has 6 heteroatoms. The number of hydrogen-bond acceptors (Lipinski definition) is 3. The van der Waals surface area contributed by atoms with Crippen molar-refractivity contribution in [1.29, 1.82) is 0 Å². The van der Waals surface area contributed by atoms with E-state index >= 15 is 0 Å². The summed E-state index contributed by atoms with van der Waals surface area (Å²) >= 11 is 0. The summed E-state index contributed by atoms with van der Waals surface area (Å²) in [6.07, 6.45) is 3.73. The Bertz CT molecular complexity index is 990. The van der Waals surface area contributed by atoms with Crippen LogP contribution in [0, 0.1) is 0 Å². The Morgan fingerprint density at radius 2 is 2.00 bits per heavy atom. The van der Waals surface area contributed by atoms with Crippen LogP contribution in [0.4, 0.5) is 0 Å². The molecule has 3 heterocycles. The van der Waals surface area contributed by atoms with E-state index in [-0.39, 0.29) is 18.1 Å². The molecule has 4 rings (SSSR count). The number of likely N-dealkylation sites (tertiary alicyclic amines) is 1. The molecule has 1 aliphatic heterocycles. The van der Waals surface area contributed by atoms with E-state index in [1.807, 2.05) is 29.2 Å². The summed E-state index contributed by atoms with van der Waals surface area (Å²) in [5, 5.41) is 0. The Morgan fingerprint density at radius 1 is 1.19 bits per heavy atom. The number of aromatic nitrogens is 3. The van der Waals surface area contributed by atoms with E-state index in [0.717, 1.165) is 19.4 Å². The number of imidazole rings is 1. The Balaban J connectivity index is 1.55. The molecule has 3 aromatic rings. The lowest BCUT2D eigenvalue weighted by molar-refractivity contribution is -0.133. The number of hydrogen-bond donors (Lipinski definition) is 0. The lowest BCUT2D eigenvalue weighted by Crippen LogP contribution is -2.42. The molecular weight excluding hydrogens is 328 g/mol. The molecule has 0 unspecified atom stereocenters. The van der Waals surface area contributed by atoms with Gasteiger partial charge in [-0.2, -0.15) is 0 Å². The first-order chi connectivity index (χ1) is 12.6. The van der Waals surface area contributed by atoms with E-state index in [1.165, 1.54) is 14.7 Å². The maximum absolute atomic E-state index is 12.9. The zero-order valence-electron chi connectivity index (χ0n) is 14.8. The molecule has 0 bridgehead atoms. The summed E-state index contributed by atoms with van der Waals surface area (Å²) in [5.74, 6) is 0.351. The van der Waals surface area contributed by atoms with E-state index in [4.69, 9.17) is 0 Å². The molecule has 0 radical (unpaired) electrons. The first kappa shape index (κ1) is 16.6. The van der Waals surface area contributed by atoms with Gasteiger partial charge in [0, 0.05) is 32.3 Å². The number of nitrogens with zero attached hydrogens (tertiary/aromatic N) is 4. The number of benzene rings is 1. The van der Waals surface area contributed by atoms with Crippen LogP contribution in [-0.4, -0.2) is 38.0 Å². The predicted octanol–water partition coefficient (Wildman–Crippen LogP) is 2.14. The van der Waals surface area contributed by atoms with Crippen molar-refractivity contribution in [3.05, 3.63) is 64.7 Å². The highest BCUT2D eigenvalue weighted by Gasteiger charge is 2.25. The number of piperidine rings is 1. The molecule has 1 aliphatic rings. The summed E-state index contributed by atoms with van der Waals surface area (Å²) in [6, 6.07) is 14.0. The third kappa shape index (κ3) is 2.92. The molecule has 2 aromatic heterocycles. The van der Waals surface area contributed by atoms with Gasteiger partial charge < -0.3 is 4.90 Å². The van der Waals surface area contributed by atoms with Gasteiger partial charge in [-0.3, -0.25) is 13.9 Å². The second-order valence-corrected chi connectivity index (χ2v) is 6.86. The first-order valence-corrected chi connectivity index (χ1v) is 8.98. The minimum Gasteiger partial charge on any atom is -0.341 e. The number of carbonyl (C=O) groups is 1. The zero-order valence-corrected chi connectivity index (χ0v) is 14.8. The SMILES string of the molecule is Cn1c(=O)n(CC(=O)N2CCC[C@@H](c3ccccc3)C2)c2cccnc21. The molecule has 6 nitrogen and oxygen atoms in total. The molecule has 1 atom stereocenters. The summed E-state index contributed by atoms with van der Waals surface area (Å²) in [4.78, 5) is 31.5. The summed E-state index contributed by atoms with van der Waals surface area (Å²) in [7, 11) is 1.69. The smallest absolute Gasteiger partial charge is 0.330 e. The number of fused-ring (bicyclic) bond motifs is 1. The van der Waals surface area contributed by atoms with Crippen molar-refractivity contribution in [2.75, 3.05) is 13.1 Å². The molecular formula is C20H22N4O2. The maximum Gasteiger partial charge on any atom is 0.330 e. The van der Waals surface area contributed by atoms with E-state index in [9.17, 15) is 9.59 Å². The van der Waals surface area contributed by atoms with Crippen LogP contribution in [0.5, 0.6) is 0 Å². The summed E-state index contributed by atoms with van der Waals surface area (Å²) < 4.78 is 3.02. The molecule has 0 aliphatic carbocycles. The second-order valence-electron chi connectivity index (χ2n) is 6.86. The van der Waals surface area contributed by atoms with E-state index in [2.05, 4.69) is 17.1 Å². The molecule has 1 saturated heterocycles. The largest absolute Gasteiger partial charge is 0.341 e. The highest BCUT2D eigenvalue weighted by atomic mass is 16.2. The van der Waals surface area contributed by atoms with Gasteiger partial charge in [-0.15, -0.1) is 0 Å². The van der Waals surface area contributed by atoms with Gasteiger partial charge in [-0.1, -0.05) is 30.3 Å². The Hall–Kier alpha value is -2.89. The van der Waals surface area contributed by atoms with E-state index in [0.29, 0.717) is 23.6 Å². The average Bonchev–Trinajstić information content (AvgIpc) is 2.94. The Labute approximate surface area is 151 Å². The Kier molecular flexibility index (Phi) is 4.32. The maximum atomic E-state index is 12.9. The highest BCUT2D eigenvalue weighted by molar-refractivity contribution is 5.79. The number of carbonyl (C=O) groups excluding carboxylic acids is 1. The normalized spacial score (nSPS) is 17.6.